The van der Waals surface area contributed by atoms with E-state index in [1.54, 1.807) is 0 Å². The van der Waals surface area contributed by atoms with Gasteiger partial charge in [-0.15, -0.1) is 0 Å². The summed E-state index contributed by atoms with van der Waals surface area (Å²) in [5.41, 5.74) is 3.64. The lowest BCUT2D eigenvalue weighted by Crippen LogP contribution is -2.31. The van der Waals surface area contributed by atoms with Crippen LogP contribution in [0.5, 0.6) is 0 Å². The van der Waals surface area contributed by atoms with Gasteiger partial charge in [-0.25, -0.2) is 0 Å². The van der Waals surface area contributed by atoms with Crippen molar-refractivity contribution >= 4 is 23.2 Å². The van der Waals surface area contributed by atoms with E-state index in [9.17, 15) is 9.59 Å². The molecule has 0 unspecified atom stereocenters. The maximum Gasteiger partial charge on any atom is 0.255 e. The van der Waals surface area contributed by atoms with Crippen molar-refractivity contribution in [1.82, 2.24) is 5.32 Å². The van der Waals surface area contributed by atoms with Gasteiger partial charge in [0.2, 0.25) is 5.91 Å². The summed E-state index contributed by atoms with van der Waals surface area (Å²) in [6.07, 6.45) is 9.38. The van der Waals surface area contributed by atoms with Crippen LogP contribution in [0.25, 0.3) is 0 Å². The first kappa shape index (κ1) is 21.4. The lowest BCUT2D eigenvalue weighted by atomic mass is 9.88. The summed E-state index contributed by atoms with van der Waals surface area (Å²) in [6.45, 7) is 2.73. The van der Waals surface area contributed by atoms with Crippen molar-refractivity contribution in [3.05, 3.63) is 59.7 Å². The van der Waals surface area contributed by atoms with Crippen LogP contribution in [0.4, 0.5) is 11.4 Å². The molecule has 1 aliphatic heterocycles. The summed E-state index contributed by atoms with van der Waals surface area (Å²) in [6, 6.07) is 15.6. The van der Waals surface area contributed by atoms with Crippen molar-refractivity contribution in [2.75, 3.05) is 23.3 Å². The van der Waals surface area contributed by atoms with Crippen LogP contribution in [0.2, 0.25) is 0 Å². The second-order valence-electron chi connectivity index (χ2n) is 8.80. The largest absolute Gasteiger partial charge is 0.372 e. The molecule has 2 fully saturated rings. The predicted molar refractivity (Wildman–Crippen MR) is 125 cm³/mol. The van der Waals surface area contributed by atoms with Crippen LogP contribution in [-0.4, -0.2) is 24.9 Å². The van der Waals surface area contributed by atoms with Crippen LogP contribution in [0, 0.1) is 5.92 Å². The molecule has 1 saturated carbocycles. The molecule has 2 aliphatic rings. The zero-order valence-electron chi connectivity index (χ0n) is 18.2. The van der Waals surface area contributed by atoms with Crippen molar-refractivity contribution in [1.29, 1.82) is 0 Å². The first-order chi connectivity index (χ1) is 15.2. The Bertz CT molecular complexity index is 865. The fourth-order valence-corrected chi connectivity index (χ4v) is 4.58. The third-order valence-corrected chi connectivity index (χ3v) is 6.51. The van der Waals surface area contributed by atoms with E-state index in [1.165, 1.54) is 31.4 Å². The molecule has 1 heterocycles. The van der Waals surface area contributed by atoms with Crippen LogP contribution < -0.4 is 15.5 Å². The molecule has 0 radical (unpaired) electrons. The number of piperidine rings is 1. The lowest BCUT2D eigenvalue weighted by molar-refractivity contribution is -0.126. The highest BCUT2D eigenvalue weighted by Crippen LogP contribution is 2.24. The number of nitrogens with zero attached hydrogens (tertiary/aromatic N) is 1. The standard InChI is InChI=1S/C26H33N3O2/c30-25(21-7-3-1-4-8-21)27-19-20-9-11-22(12-10-20)26(31)28-23-13-15-24(16-14-23)29-17-5-2-6-18-29/h9-16,21H,1-8,17-19H2,(H,27,30)(H,28,31). The van der Waals surface area contributed by atoms with Gasteiger partial charge in [0.15, 0.2) is 0 Å². The highest BCUT2D eigenvalue weighted by atomic mass is 16.2. The van der Waals surface area contributed by atoms with E-state index >= 15 is 0 Å². The minimum Gasteiger partial charge on any atom is -0.372 e. The number of nitrogens with one attached hydrogen (secondary N) is 2. The third kappa shape index (κ3) is 5.87. The monoisotopic (exact) mass is 419 g/mol. The van der Waals surface area contributed by atoms with E-state index in [0.717, 1.165) is 50.0 Å². The minimum absolute atomic E-state index is 0.122. The van der Waals surface area contributed by atoms with Crippen LogP contribution >= 0.6 is 0 Å². The topological polar surface area (TPSA) is 61.4 Å². The SMILES string of the molecule is O=C(Nc1ccc(N2CCCCC2)cc1)c1ccc(CNC(=O)C2CCCCC2)cc1. The van der Waals surface area contributed by atoms with Gasteiger partial charge in [-0.1, -0.05) is 31.4 Å². The van der Waals surface area contributed by atoms with Crippen LogP contribution in [0.3, 0.4) is 0 Å². The molecule has 1 aliphatic carbocycles. The zero-order chi connectivity index (χ0) is 21.5. The summed E-state index contributed by atoms with van der Waals surface area (Å²) >= 11 is 0. The summed E-state index contributed by atoms with van der Waals surface area (Å²) in [5, 5.41) is 6.02. The van der Waals surface area contributed by atoms with E-state index < -0.39 is 0 Å². The molecule has 1 saturated heterocycles. The Hall–Kier alpha value is -2.82. The molecule has 2 amide bonds. The number of hydrogen-bond donors (Lipinski definition) is 2. The van der Waals surface area contributed by atoms with Gasteiger partial charge in [0.25, 0.3) is 5.91 Å². The fourth-order valence-electron chi connectivity index (χ4n) is 4.58. The van der Waals surface area contributed by atoms with Gasteiger partial charge in [-0.2, -0.15) is 0 Å². The van der Waals surface area contributed by atoms with Gasteiger partial charge in [-0.3, -0.25) is 9.59 Å². The molecule has 5 nitrogen and oxygen atoms in total. The number of hydrogen-bond acceptors (Lipinski definition) is 3. The van der Waals surface area contributed by atoms with Crippen molar-refractivity contribution in [3.8, 4) is 0 Å². The summed E-state index contributed by atoms with van der Waals surface area (Å²) in [7, 11) is 0. The number of amides is 2. The maximum atomic E-state index is 12.6. The van der Waals surface area contributed by atoms with Gasteiger partial charge in [0, 0.05) is 42.5 Å². The average Bonchev–Trinajstić information content (AvgIpc) is 2.84. The Balaban J connectivity index is 1.27. The molecule has 2 aromatic rings. The summed E-state index contributed by atoms with van der Waals surface area (Å²) in [4.78, 5) is 27.3. The number of carbonyl (C=O) groups excluding carboxylic acids is 2. The molecule has 0 spiro atoms. The first-order valence-corrected chi connectivity index (χ1v) is 11.7. The van der Waals surface area contributed by atoms with Crippen molar-refractivity contribution < 1.29 is 9.59 Å². The summed E-state index contributed by atoms with van der Waals surface area (Å²) < 4.78 is 0. The molecular weight excluding hydrogens is 386 g/mol. The van der Waals surface area contributed by atoms with E-state index in [4.69, 9.17) is 0 Å². The van der Waals surface area contributed by atoms with Crippen LogP contribution in [0.15, 0.2) is 48.5 Å². The molecule has 4 rings (SSSR count). The molecule has 0 aromatic heterocycles. The third-order valence-electron chi connectivity index (χ3n) is 6.51. The molecule has 164 valence electrons. The molecular formula is C26H33N3O2. The molecule has 2 aromatic carbocycles. The zero-order valence-corrected chi connectivity index (χ0v) is 18.2. The van der Waals surface area contributed by atoms with Crippen molar-refractivity contribution in [2.24, 2.45) is 5.92 Å². The summed E-state index contributed by atoms with van der Waals surface area (Å²) in [5.74, 6) is 0.207. The Morgan fingerprint density at radius 3 is 2.13 bits per heavy atom. The number of anilines is 2. The van der Waals surface area contributed by atoms with Crippen molar-refractivity contribution in [3.63, 3.8) is 0 Å². The Morgan fingerprint density at radius 1 is 0.806 bits per heavy atom. The van der Waals surface area contributed by atoms with Gasteiger partial charge < -0.3 is 15.5 Å². The highest BCUT2D eigenvalue weighted by Gasteiger charge is 2.20. The minimum atomic E-state index is -0.122. The lowest BCUT2D eigenvalue weighted by Gasteiger charge is -2.28. The highest BCUT2D eigenvalue weighted by molar-refractivity contribution is 6.04. The predicted octanol–water partition coefficient (Wildman–Crippen LogP) is 5.13. The number of carbonyl (C=O) groups is 2. The average molecular weight is 420 g/mol. The molecule has 0 bridgehead atoms. The molecule has 5 heteroatoms. The smallest absolute Gasteiger partial charge is 0.255 e. The number of rotatable bonds is 6. The van der Waals surface area contributed by atoms with E-state index in [0.29, 0.717) is 12.1 Å². The normalized spacial score (nSPS) is 17.2. The van der Waals surface area contributed by atoms with Crippen molar-refractivity contribution in [2.45, 2.75) is 57.9 Å². The fraction of sp³-hybridized carbons (Fsp3) is 0.462. The van der Waals surface area contributed by atoms with Crippen LogP contribution in [0.1, 0.15) is 67.3 Å². The van der Waals surface area contributed by atoms with Gasteiger partial charge in [0.05, 0.1) is 0 Å². The van der Waals surface area contributed by atoms with E-state index in [2.05, 4.69) is 27.7 Å². The Morgan fingerprint density at radius 2 is 1.45 bits per heavy atom. The first-order valence-electron chi connectivity index (χ1n) is 11.7. The Labute approximate surface area is 185 Å². The number of benzene rings is 2. The molecule has 31 heavy (non-hydrogen) atoms. The van der Waals surface area contributed by atoms with Gasteiger partial charge in [0.1, 0.15) is 0 Å². The van der Waals surface area contributed by atoms with Crippen LogP contribution in [-0.2, 0) is 11.3 Å². The molecule has 0 atom stereocenters. The van der Waals surface area contributed by atoms with Gasteiger partial charge >= 0.3 is 0 Å². The second-order valence-corrected chi connectivity index (χ2v) is 8.80. The maximum absolute atomic E-state index is 12.6. The molecule has 2 N–H and O–H groups in total. The van der Waals surface area contributed by atoms with E-state index in [-0.39, 0.29) is 17.7 Å². The van der Waals surface area contributed by atoms with Gasteiger partial charge in [-0.05, 0) is 74.1 Å². The Kier molecular flexibility index (Phi) is 7.23. The van der Waals surface area contributed by atoms with E-state index in [1.807, 2.05) is 36.4 Å². The quantitative estimate of drug-likeness (QED) is 0.683. The second kappa shape index (κ2) is 10.5.